The number of nitrogens with one attached hydrogen (secondary N) is 1. The molecular formula is C20H18IN3O2S. The Morgan fingerprint density at radius 1 is 1.26 bits per heavy atom. The van der Waals surface area contributed by atoms with E-state index in [1.165, 1.54) is 4.90 Å². The molecule has 138 valence electrons. The van der Waals surface area contributed by atoms with Crippen LogP contribution in [-0.4, -0.2) is 32.9 Å². The van der Waals surface area contributed by atoms with E-state index in [1.807, 2.05) is 38.1 Å². The molecule has 1 saturated heterocycles. The number of halogens is 1. The van der Waals surface area contributed by atoms with Gasteiger partial charge in [-0.1, -0.05) is 12.1 Å². The van der Waals surface area contributed by atoms with E-state index in [2.05, 4.69) is 45.1 Å². The number of aromatic nitrogens is 1. The number of aryl methyl sites for hydroxylation is 1. The maximum atomic E-state index is 12.7. The van der Waals surface area contributed by atoms with Gasteiger partial charge in [0.2, 0.25) is 0 Å². The Labute approximate surface area is 176 Å². The summed E-state index contributed by atoms with van der Waals surface area (Å²) in [5.74, 6) is -0.896. The third kappa shape index (κ3) is 3.74. The Morgan fingerprint density at radius 2 is 2.00 bits per heavy atom. The Kier molecular flexibility index (Phi) is 5.61. The van der Waals surface area contributed by atoms with Gasteiger partial charge < -0.3 is 4.57 Å². The van der Waals surface area contributed by atoms with Crippen LogP contribution in [0.25, 0.3) is 11.8 Å². The third-order valence-corrected chi connectivity index (χ3v) is 5.33. The SMILES string of the molecule is C=CCN1C(=O)/C(=C/c2cc(C)n(-c3cccc(I)c3)c2C)C(=O)NC1=S. The van der Waals surface area contributed by atoms with E-state index in [4.69, 9.17) is 12.2 Å². The van der Waals surface area contributed by atoms with Gasteiger partial charge in [0.1, 0.15) is 5.57 Å². The van der Waals surface area contributed by atoms with E-state index in [1.54, 1.807) is 12.2 Å². The largest absolute Gasteiger partial charge is 0.318 e. The van der Waals surface area contributed by atoms with Gasteiger partial charge in [0.05, 0.1) is 0 Å². The van der Waals surface area contributed by atoms with Crippen LogP contribution >= 0.6 is 34.8 Å². The standard InChI is InChI=1S/C20H18IN3O2S/c1-4-8-23-19(26)17(18(25)22-20(23)27)10-14-9-12(2)24(13(14)3)16-7-5-6-15(21)11-16/h4-7,9-11H,1,8H2,2-3H3,(H,22,25,27)/b17-10+. The van der Waals surface area contributed by atoms with Crippen molar-refractivity contribution in [3.05, 3.63) is 69.1 Å². The van der Waals surface area contributed by atoms with Gasteiger partial charge in [-0.25, -0.2) is 0 Å². The van der Waals surface area contributed by atoms with Crippen molar-refractivity contribution >= 4 is 57.8 Å². The lowest BCUT2D eigenvalue weighted by molar-refractivity contribution is -0.128. The highest BCUT2D eigenvalue weighted by Gasteiger charge is 2.32. The third-order valence-electron chi connectivity index (χ3n) is 4.33. The zero-order chi connectivity index (χ0) is 19.7. The molecule has 5 nitrogen and oxygen atoms in total. The molecule has 0 spiro atoms. The maximum Gasteiger partial charge on any atom is 0.265 e. The molecule has 3 rings (SSSR count). The molecule has 27 heavy (non-hydrogen) atoms. The Morgan fingerprint density at radius 3 is 2.67 bits per heavy atom. The van der Waals surface area contributed by atoms with Crippen LogP contribution < -0.4 is 5.32 Å². The van der Waals surface area contributed by atoms with Gasteiger partial charge in [-0.3, -0.25) is 19.8 Å². The highest BCUT2D eigenvalue weighted by molar-refractivity contribution is 14.1. The average molecular weight is 491 g/mol. The predicted molar refractivity (Wildman–Crippen MR) is 119 cm³/mol. The molecule has 0 atom stereocenters. The predicted octanol–water partition coefficient (Wildman–Crippen LogP) is 3.51. The second kappa shape index (κ2) is 7.77. The molecule has 0 unspecified atom stereocenters. The molecule has 1 aliphatic heterocycles. The fourth-order valence-corrected chi connectivity index (χ4v) is 3.87. The van der Waals surface area contributed by atoms with Crippen LogP contribution in [0.5, 0.6) is 0 Å². The summed E-state index contributed by atoms with van der Waals surface area (Å²) in [6.45, 7) is 7.84. The van der Waals surface area contributed by atoms with Gasteiger partial charge in [-0.05, 0) is 84.6 Å². The quantitative estimate of drug-likeness (QED) is 0.234. The van der Waals surface area contributed by atoms with E-state index in [9.17, 15) is 9.59 Å². The Bertz CT molecular complexity index is 1010. The molecule has 7 heteroatoms. The minimum absolute atomic E-state index is 0.0633. The van der Waals surface area contributed by atoms with E-state index < -0.39 is 11.8 Å². The highest BCUT2D eigenvalue weighted by atomic mass is 127. The monoisotopic (exact) mass is 491 g/mol. The van der Waals surface area contributed by atoms with E-state index in [-0.39, 0.29) is 17.2 Å². The second-order valence-electron chi connectivity index (χ2n) is 6.16. The van der Waals surface area contributed by atoms with E-state index in [0.29, 0.717) is 0 Å². The Hall–Kier alpha value is -2.26. The molecule has 1 aliphatic rings. The number of hydrogen-bond acceptors (Lipinski definition) is 3. The van der Waals surface area contributed by atoms with Crippen molar-refractivity contribution in [2.75, 3.05) is 6.54 Å². The van der Waals surface area contributed by atoms with Crippen molar-refractivity contribution in [1.82, 2.24) is 14.8 Å². The fraction of sp³-hybridized carbons (Fsp3) is 0.150. The molecule has 1 aromatic carbocycles. The van der Waals surface area contributed by atoms with Crippen LogP contribution in [0.2, 0.25) is 0 Å². The number of carbonyl (C=O) groups is 2. The first-order valence-electron chi connectivity index (χ1n) is 8.28. The molecule has 2 heterocycles. The lowest BCUT2D eigenvalue weighted by Crippen LogP contribution is -2.53. The van der Waals surface area contributed by atoms with Gasteiger partial charge in [0.25, 0.3) is 11.8 Å². The molecule has 0 bridgehead atoms. The lowest BCUT2D eigenvalue weighted by Gasteiger charge is -2.27. The number of thiocarbonyl (C=S) groups is 1. The van der Waals surface area contributed by atoms with Crippen molar-refractivity contribution < 1.29 is 9.59 Å². The minimum Gasteiger partial charge on any atom is -0.318 e. The molecule has 0 aliphatic carbocycles. The van der Waals surface area contributed by atoms with Gasteiger partial charge in [-0.2, -0.15) is 0 Å². The second-order valence-corrected chi connectivity index (χ2v) is 7.80. The van der Waals surface area contributed by atoms with Gasteiger partial charge in [0, 0.05) is 27.2 Å². The summed E-state index contributed by atoms with van der Waals surface area (Å²) in [7, 11) is 0. The molecule has 1 fully saturated rings. The number of benzene rings is 1. The first-order valence-corrected chi connectivity index (χ1v) is 9.77. The highest BCUT2D eigenvalue weighted by Crippen LogP contribution is 2.25. The van der Waals surface area contributed by atoms with Crippen LogP contribution in [0.1, 0.15) is 17.0 Å². The summed E-state index contributed by atoms with van der Waals surface area (Å²) in [5.41, 5.74) is 3.88. The van der Waals surface area contributed by atoms with Gasteiger partial charge >= 0.3 is 0 Å². The molecular weight excluding hydrogens is 473 g/mol. The van der Waals surface area contributed by atoms with Gasteiger partial charge in [-0.15, -0.1) is 6.58 Å². The number of rotatable bonds is 4. The van der Waals surface area contributed by atoms with E-state index >= 15 is 0 Å². The fourth-order valence-electron chi connectivity index (χ4n) is 3.09. The van der Waals surface area contributed by atoms with Crippen LogP contribution in [0, 0.1) is 17.4 Å². The summed E-state index contributed by atoms with van der Waals surface area (Å²) < 4.78 is 3.24. The first kappa shape index (κ1) is 19.5. The summed E-state index contributed by atoms with van der Waals surface area (Å²) >= 11 is 7.36. The summed E-state index contributed by atoms with van der Waals surface area (Å²) in [5, 5.41) is 2.67. The molecule has 2 amide bonds. The molecule has 1 aromatic heterocycles. The first-order chi connectivity index (χ1) is 12.8. The normalized spacial score (nSPS) is 16.0. The van der Waals surface area contributed by atoms with Crippen molar-refractivity contribution in [2.45, 2.75) is 13.8 Å². The van der Waals surface area contributed by atoms with Crippen LogP contribution in [-0.2, 0) is 9.59 Å². The maximum absolute atomic E-state index is 12.7. The van der Waals surface area contributed by atoms with Crippen molar-refractivity contribution in [1.29, 1.82) is 0 Å². The lowest BCUT2D eigenvalue weighted by atomic mass is 10.1. The van der Waals surface area contributed by atoms with Crippen LogP contribution in [0.4, 0.5) is 0 Å². The summed E-state index contributed by atoms with van der Waals surface area (Å²) in [6.07, 6.45) is 3.20. The van der Waals surface area contributed by atoms with E-state index in [0.717, 1.165) is 26.2 Å². The average Bonchev–Trinajstić information content (AvgIpc) is 2.89. The zero-order valence-corrected chi connectivity index (χ0v) is 17.9. The number of hydrogen-bond donors (Lipinski definition) is 1. The number of nitrogens with zero attached hydrogens (tertiary/aromatic N) is 2. The topological polar surface area (TPSA) is 54.3 Å². The van der Waals surface area contributed by atoms with Crippen molar-refractivity contribution in [2.24, 2.45) is 0 Å². The van der Waals surface area contributed by atoms with Crippen molar-refractivity contribution in [3.8, 4) is 5.69 Å². The molecule has 2 aromatic rings. The number of amides is 2. The van der Waals surface area contributed by atoms with Crippen molar-refractivity contribution in [3.63, 3.8) is 0 Å². The summed E-state index contributed by atoms with van der Waals surface area (Å²) in [6, 6.07) is 10.1. The smallest absolute Gasteiger partial charge is 0.265 e. The Balaban J connectivity index is 2.06. The zero-order valence-electron chi connectivity index (χ0n) is 15.0. The van der Waals surface area contributed by atoms with Gasteiger partial charge in [0.15, 0.2) is 5.11 Å². The minimum atomic E-state index is -0.482. The summed E-state index contributed by atoms with van der Waals surface area (Å²) in [4.78, 5) is 26.4. The molecule has 1 N–H and O–H groups in total. The van der Waals surface area contributed by atoms with Crippen LogP contribution in [0.3, 0.4) is 0 Å². The molecule has 0 saturated carbocycles. The number of carbonyl (C=O) groups excluding carboxylic acids is 2. The molecule has 0 radical (unpaired) electrons. The van der Waals surface area contributed by atoms with Crippen LogP contribution in [0.15, 0.2) is 48.6 Å².